The molecule has 5 heteroatoms. The number of hydrogen-bond donors (Lipinski definition) is 1. The highest BCUT2D eigenvalue weighted by Gasteiger charge is 2.16. The zero-order valence-electron chi connectivity index (χ0n) is 15.3. The molecule has 1 amide bonds. The number of carbonyl (C=O) groups is 1. The van der Waals surface area contributed by atoms with Gasteiger partial charge in [-0.25, -0.2) is 0 Å². The number of nitrogens with one attached hydrogen (secondary N) is 1. The third kappa shape index (κ3) is 3.24. The summed E-state index contributed by atoms with van der Waals surface area (Å²) in [7, 11) is 0. The Morgan fingerprint density at radius 2 is 1.93 bits per heavy atom. The number of hydrogen-bond acceptors (Lipinski definition) is 3. The monoisotopic (exact) mass is 359 g/mol. The molecule has 5 nitrogen and oxygen atoms in total. The number of amides is 1. The van der Waals surface area contributed by atoms with Crippen LogP contribution in [-0.2, 0) is 11.3 Å². The van der Waals surface area contributed by atoms with Gasteiger partial charge in [0.2, 0.25) is 0 Å². The van der Waals surface area contributed by atoms with Gasteiger partial charge in [-0.05, 0) is 50.2 Å². The number of benzene rings is 2. The molecule has 1 atom stereocenters. The Hall–Kier alpha value is -3.34. The Balaban J connectivity index is 1.61. The summed E-state index contributed by atoms with van der Waals surface area (Å²) < 4.78 is 7.93. The van der Waals surface area contributed by atoms with Crippen LogP contribution in [0, 0.1) is 0 Å². The number of aromatic nitrogens is 2. The van der Waals surface area contributed by atoms with Gasteiger partial charge in [-0.15, -0.1) is 0 Å². The van der Waals surface area contributed by atoms with Crippen molar-refractivity contribution in [1.82, 2.24) is 9.55 Å². The number of carbonyl (C=O) groups excluding carboxylic acids is 1. The van der Waals surface area contributed by atoms with Crippen molar-refractivity contribution in [3.63, 3.8) is 0 Å². The zero-order valence-corrected chi connectivity index (χ0v) is 15.3. The van der Waals surface area contributed by atoms with Crippen molar-refractivity contribution in [2.45, 2.75) is 26.5 Å². The van der Waals surface area contributed by atoms with Crippen LogP contribution in [-0.4, -0.2) is 21.6 Å². The predicted molar refractivity (Wildman–Crippen MR) is 108 cm³/mol. The molecule has 0 saturated heterocycles. The maximum Gasteiger partial charge on any atom is 0.265 e. The summed E-state index contributed by atoms with van der Waals surface area (Å²) in [5, 5.41) is 5.27. The van der Waals surface area contributed by atoms with Gasteiger partial charge < -0.3 is 14.6 Å². The van der Waals surface area contributed by atoms with E-state index in [9.17, 15) is 4.79 Å². The molecule has 0 aliphatic rings. The van der Waals surface area contributed by atoms with Crippen molar-refractivity contribution in [2.24, 2.45) is 0 Å². The van der Waals surface area contributed by atoms with Crippen molar-refractivity contribution in [3.8, 4) is 5.75 Å². The van der Waals surface area contributed by atoms with E-state index in [1.807, 2.05) is 24.3 Å². The maximum absolute atomic E-state index is 12.5. The SMILES string of the molecule is CCn1c2ccccc2c2cc(NC(=O)C(C)Oc3cccnc3)ccc21. The second-order valence-corrected chi connectivity index (χ2v) is 6.43. The Morgan fingerprint density at radius 1 is 1.11 bits per heavy atom. The van der Waals surface area contributed by atoms with E-state index < -0.39 is 6.10 Å². The second-order valence-electron chi connectivity index (χ2n) is 6.43. The minimum atomic E-state index is -0.623. The molecule has 0 aliphatic heterocycles. The predicted octanol–water partition coefficient (Wildman–Crippen LogP) is 4.62. The first-order chi connectivity index (χ1) is 13.2. The van der Waals surface area contributed by atoms with Gasteiger partial charge in [0, 0.05) is 40.2 Å². The highest BCUT2D eigenvalue weighted by Crippen LogP contribution is 2.31. The fourth-order valence-corrected chi connectivity index (χ4v) is 3.39. The second kappa shape index (κ2) is 7.11. The number of ether oxygens (including phenoxy) is 1. The molecule has 4 rings (SSSR count). The molecular formula is C22H21N3O2. The van der Waals surface area contributed by atoms with E-state index in [1.54, 1.807) is 31.5 Å². The van der Waals surface area contributed by atoms with Crippen molar-refractivity contribution in [3.05, 3.63) is 67.0 Å². The molecule has 2 aromatic carbocycles. The van der Waals surface area contributed by atoms with Crippen molar-refractivity contribution in [2.75, 3.05) is 5.32 Å². The summed E-state index contributed by atoms with van der Waals surface area (Å²) in [6.07, 6.45) is 2.64. The Labute approximate surface area is 157 Å². The fraction of sp³-hybridized carbons (Fsp3) is 0.182. The number of nitrogens with zero attached hydrogens (tertiary/aromatic N) is 2. The summed E-state index contributed by atoms with van der Waals surface area (Å²) in [5.74, 6) is 0.374. The van der Waals surface area contributed by atoms with Crippen LogP contribution in [0.3, 0.4) is 0 Å². The average Bonchev–Trinajstić information content (AvgIpc) is 3.02. The molecule has 2 aromatic heterocycles. The summed E-state index contributed by atoms with van der Waals surface area (Å²) in [6, 6.07) is 17.9. The van der Waals surface area contributed by atoms with Gasteiger partial charge in [-0.2, -0.15) is 0 Å². The first-order valence-electron chi connectivity index (χ1n) is 9.06. The number of pyridine rings is 1. The highest BCUT2D eigenvalue weighted by atomic mass is 16.5. The Bertz CT molecular complexity index is 1100. The van der Waals surface area contributed by atoms with Gasteiger partial charge in [-0.3, -0.25) is 9.78 Å². The van der Waals surface area contributed by atoms with Crippen LogP contribution in [0.5, 0.6) is 5.75 Å². The Morgan fingerprint density at radius 3 is 2.70 bits per heavy atom. The van der Waals surface area contributed by atoms with Crippen LogP contribution in [0.1, 0.15) is 13.8 Å². The number of fused-ring (bicyclic) bond motifs is 3. The van der Waals surface area contributed by atoms with E-state index in [2.05, 4.69) is 40.0 Å². The standard InChI is InChI=1S/C22H21N3O2/c1-3-25-20-9-5-4-8-18(20)19-13-16(10-11-21(19)25)24-22(26)15(2)27-17-7-6-12-23-14-17/h4-15H,3H2,1-2H3,(H,24,26). The minimum absolute atomic E-state index is 0.197. The molecule has 2 heterocycles. The molecule has 4 aromatic rings. The van der Waals surface area contributed by atoms with Crippen molar-refractivity contribution < 1.29 is 9.53 Å². The van der Waals surface area contributed by atoms with E-state index in [-0.39, 0.29) is 5.91 Å². The quantitative estimate of drug-likeness (QED) is 0.566. The molecule has 0 fully saturated rings. The average molecular weight is 359 g/mol. The summed E-state index contributed by atoms with van der Waals surface area (Å²) in [4.78, 5) is 16.5. The van der Waals surface area contributed by atoms with Gasteiger partial charge in [0.25, 0.3) is 5.91 Å². The lowest BCUT2D eigenvalue weighted by molar-refractivity contribution is -0.122. The lowest BCUT2D eigenvalue weighted by atomic mass is 10.1. The molecule has 0 saturated carbocycles. The number of aryl methyl sites for hydroxylation is 1. The molecule has 0 spiro atoms. The van der Waals surface area contributed by atoms with Gasteiger partial charge in [0.05, 0.1) is 6.20 Å². The van der Waals surface area contributed by atoms with E-state index >= 15 is 0 Å². The lowest BCUT2D eigenvalue weighted by Gasteiger charge is -2.14. The third-order valence-corrected chi connectivity index (χ3v) is 4.67. The van der Waals surface area contributed by atoms with Crippen LogP contribution < -0.4 is 10.1 Å². The van der Waals surface area contributed by atoms with Crippen LogP contribution in [0.15, 0.2) is 67.0 Å². The molecule has 0 radical (unpaired) electrons. The van der Waals surface area contributed by atoms with Gasteiger partial charge >= 0.3 is 0 Å². The highest BCUT2D eigenvalue weighted by molar-refractivity contribution is 6.10. The third-order valence-electron chi connectivity index (χ3n) is 4.67. The van der Waals surface area contributed by atoms with Crippen LogP contribution in [0.4, 0.5) is 5.69 Å². The van der Waals surface area contributed by atoms with E-state index in [0.29, 0.717) is 5.75 Å². The summed E-state index contributed by atoms with van der Waals surface area (Å²) in [5.41, 5.74) is 3.12. The number of rotatable bonds is 5. The normalized spacial score (nSPS) is 12.2. The zero-order chi connectivity index (χ0) is 18.8. The maximum atomic E-state index is 12.5. The van der Waals surface area contributed by atoms with Crippen LogP contribution >= 0.6 is 0 Å². The van der Waals surface area contributed by atoms with Crippen LogP contribution in [0.2, 0.25) is 0 Å². The van der Waals surface area contributed by atoms with E-state index in [4.69, 9.17) is 4.74 Å². The molecule has 1 unspecified atom stereocenters. The van der Waals surface area contributed by atoms with Crippen molar-refractivity contribution in [1.29, 1.82) is 0 Å². The largest absolute Gasteiger partial charge is 0.479 e. The summed E-state index contributed by atoms with van der Waals surface area (Å²) >= 11 is 0. The van der Waals surface area contributed by atoms with E-state index in [0.717, 1.165) is 23.1 Å². The molecule has 136 valence electrons. The van der Waals surface area contributed by atoms with E-state index in [1.165, 1.54) is 10.9 Å². The molecule has 0 aliphatic carbocycles. The fourth-order valence-electron chi connectivity index (χ4n) is 3.39. The smallest absolute Gasteiger partial charge is 0.265 e. The first-order valence-corrected chi connectivity index (χ1v) is 9.06. The molecule has 27 heavy (non-hydrogen) atoms. The molecular weight excluding hydrogens is 338 g/mol. The topological polar surface area (TPSA) is 56.2 Å². The number of anilines is 1. The van der Waals surface area contributed by atoms with Crippen LogP contribution in [0.25, 0.3) is 21.8 Å². The lowest BCUT2D eigenvalue weighted by Crippen LogP contribution is -2.30. The number of para-hydroxylation sites is 1. The Kier molecular flexibility index (Phi) is 4.50. The molecule has 1 N–H and O–H groups in total. The minimum Gasteiger partial charge on any atom is -0.479 e. The molecule has 0 bridgehead atoms. The summed E-state index contributed by atoms with van der Waals surface area (Å²) in [6.45, 7) is 4.76. The van der Waals surface area contributed by atoms with Gasteiger partial charge in [0.1, 0.15) is 5.75 Å². The van der Waals surface area contributed by atoms with Crippen molar-refractivity contribution >= 4 is 33.4 Å². The first kappa shape index (κ1) is 17.1. The van der Waals surface area contributed by atoms with Gasteiger partial charge in [0.15, 0.2) is 6.10 Å². The van der Waals surface area contributed by atoms with Gasteiger partial charge in [-0.1, -0.05) is 18.2 Å².